The molecule has 0 bridgehead atoms. The van der Waals surface area contributed by atoms with Gasteiger partial charge in [-0.15, -0.1) is 0 Å². The number of halogens is 2. The number of hydrogen-bond donors (Lipinski definition) is 0. The molecule has 0 aliphatic carbocycles. The molecule has 0 radical (unpaired) electrons. The normalized spacial score (nSPS) is 20.5. The second kappa shape index (κ2) is 5.29. The van der Waals surface area contributed by atoms with Crippen LogP contribution in [-0.2, 0) is 11.9 Å². The van der Waals surface area contributed by atoms with Crippen molar-refractivity contribution < 1.29 is 11.9 Å². The Balaban J connectivity index is 3.27. The molecule has 1 rings (SSSR count). The summed E-state index contributed by atoms with van der Waals surface area (Å²) in [5.74, 6) is 0. The molecule has 0 atom stereocenters. The van der Waals surface area contributed by atoms with Gasteiger partial charge < -0.3 is 0 Å². The van der Waals surface area contributed by atoms with E-state index in [-0.39, 0.29) is 0 Å². The van der Waals surface area contributed by atoms with Gasteiger partial charge in [0.05, 0.1) is 0 Å². The molecule has 90 valence electrons. The van der Waals surface area contributed by atoms with Crippen molar-refractivity contribution in [1.29, 1.82) is 0 Å². The second-order valence-electron chi connectivity index (χ2n) is 3.90. The number of nitrogens with zero attached hydrogens (tertiary/aromatic N) is 2. The van der Waals surface area contributed by atoms with E-state index in [0.29, 0.717) is 0 Å². The average Bonchev–Trinajstić information content (AvgIpc) is 2.43. The molecule has 0 aromatic carbocycles. The van der Waals surface area contributed by atoms with E-state index in [4.69, 9.17) is 19.4 Å². The minimum absolute atomic E-state index is 1.01. The van der Waals surface area contributed by atoms with E-state index in [1.807, 2.05) is 24.5 Å². The maximum absolute atomic E-state index is 6.49. The minimum atomic E-state index is -2.79. The number of rotatable bonds is 1. The zero-order valence-electron chi connectivity index (χ0n) is 9.57. The zero-order valence-corrected chi connectivity index (χ0v) is 12.8. The predicted molar refractivity (Wildman–Crippen MR) is 67.5 cm³/mol. The molecule has 1 heterocycles. The summed E-state index contributed by atoms with van der Waals surface area (Å²) >= 11 is -2.79. The van der Waals surface area contributed by atoms with E-state index in [2.05, 4.69) is 23.9 Å². The van der Waals surface area contributed by atoms with Crippen LogP contribution in [0.25, 0.3) is 0 Å². The summed E-state index contributed by atoms with van der Waals surface area (Å²) in [6.45, 7) is 6.12. The molecule has 0 amide bonds. The molecule has 15 heavy (non-hydrogen) atoms. The molecule has 5 heteroatoms. The topological polar surface area (TPSA) is 6.48 Å². The Morgan fingerprint density at radius 1 is 1.20 bits per heavy atom. The van der Waals surface area contributed by atoms with Gasteiger partial charge >= 0.3 is 103 Å². The first kappa shape index (κ1) is 13.7. The molecule has 0 saturated carbocycles. The molecule has 1 aliphatic rings. The van der Waals surface area contributed by atoms with Crippen molar-refractivity contribution in [2.24, 2.45) is 0 Å². The van der Waals surface area contributed by atoms with E-state index in [0.717, 1.165) is 17.4 Å². The SMILES string of the molecule is CC(C)=C[CH]=[Ru]([Cl])([Cl])=[C]1N(C)CCN1C. The van der Waals surface area contributed by atoms with Crippen molar-refractivity contribution in [3.63, 3.8) is 0 Å². The third-order valence-electron chi connectivity index (χ3n) is 2.13. The summed E-state index contributed by atoms with van der Waals surface area (Å²) in [4.78, 5) is 4.34. The Hall–Kier alpha value is 0.603. The summed E-state index contributed by atoms with van der Waals surface area (Å²) in [6.07, 6.45) is 2.03. The van der Waals surface area contributed by atoms with Crippen LogP contribution in [0.2, 0.25) is 0 Å². The van der Waals surface area contributed by atoms with Crippen LogP contribution in [0.5, 0.6) is 0 Å². The van der Waals surface area contributed by atoms with Gasteiger partial charge in [-0.25, -0.2) is 0 Å². The van der Waals surface area contributed by atoms with Crippen LogP contribution in [-0.4, -0.2) is 45.9 Å². The van der Waals surface area contributed by atoms with Crippen LogP contribution in [0, 0.1) is 0 Å². The number of allylic oxidation sites excluding steroid dienone is 2. The molecular weight excluding hydrogens is 320 g/mol. The quantitative estimate of drug-likeness (QED) is 0.677. The van der Waals surface area contributed by atoms with Gasteiger partial charge in [-0.2, -0.15) is 0 Å². The van der Waals surface area contributed by atoms with E-state index in [1.165, 1.54) is 5.57 Å². The van der Waals surface area contributed by atoms with Gasteiger partial charge in [-0.3, -0.25) is 0 Å². The van der Waals surface area contributed by atoms with Gasteiger partial charge in [0.1, 0.15) is 0 Å². The zero-order chi connectivity index (χ0) is 11.6. The summed E-state index contributed by atoms with van der Waals surface area (Å²) in [5.41, 5.74) is 1.23. The van der Waals surface area contributed by atoms with Crippen LogP contribution in [0.1, 0.15) is 13.8 Å². The van der Waals surface area contributed by atoms with Crippen LogP contribution in [0.3, 0.4) is 0 Å². The molecule has 0 spiro atoms. The van der Waals surface area contributed by atoms with E-state index >= 15 is 0 Å². The van der Waals surface area contributed by atoms with E-state index in [1.54, 1.807) is 0 Å². The van der Waals surface area contributed by atoms with Gasteiger partial charge in [0.2, 0.25) is 0 Å². The first-order valence-electron chi connectivity index (χ1n) is 4.74. The van der Waals surface area contributed by atoms with Crippen LogP contribution in [0.4, 0.5) is 0 Å². The van der Waals surface area contributed by atoms with E-state index in [9.17, 15) is 0 Å². The summed E-state index contributed by atoms with van der Waals surface area (Å²) in [6, 6.07) is 0. The standard InChI is InChI=1S/C5H10N2.C5H8.2ClH.Ru/c1-6-3-4-7(2)5-6;1-4-5(2)3;;;/h3-4H2,1-2H3;1,4H,2-3H3;2*1H;/q;;;;+2/p-2. The van der Waals surface area contributed by atoms with Crippen molar-refractivity contribution >= 4 is 28.3 Å². The molecular formula is C10H18Cl2N2Ru. The Bertz CT molecular complexity index is 368. The van der Waals surface area contributed by atoms with Crippen LogP contribution < -0.4 is 0 Å². The molecule has 0 unspecified atom stereocenters. The molecule has 0 aromatic heterocycles. The van der Waals surface area contributed by atoms with Gasteiger partial charge in [-0.05, 0) is 0 Å². The van der Waals surface area contributed by atoms with Crippen molar-refractivity contribution in [3.05, 3.63) is 11.6 Å². The van der Waals surface area contributed by atoms with E-state index < -0.39 is 11.9 Å². The van der Waals surface area contributed by atoms with Crippen molar-refractivity contribution in [1.82, 2.24) is 9.80 Å². The first-order valence-corrected chi connectivity index (χ1v) is 11.1. The Labute approximate surface area is 102 Å². The van der Waals surface area contributed by atoms with Crippen molar-refractivity contribution in [2.75, 3.05) is 27.2 Å². The molecule has 1 saturated heterocycles. The monoisotopic (exact) mass is 338 g/mol. The Kier molecular flexibility index (Phi) is 4.82. The van der Waals surface area contributed by atoms with Crippen molar-refractivity contribution in [3.8, 4) is 0 Å². The van der Waals surface area contributed by atoms with Gasteiger partial charge in [0.25, 0.3) is 0 Å². The fourth-order valence-electron chi connectivity index (χ4n) is 1.37. The number of hydrogen-bond acceptors (Lipinski definition) is 2. The molecule has 2 nitrogen and oxygen atoms in total. The third-order valence-corrected chi connectivity index (χ3v) is 7.98. The first-order chi connectivity index (χ1) is 6.84. The Morgan fingerprint density at radius 2 is 1.67 bits per heavy atom. The fourth-order valence-corrected chi connectivity index (χ4v) is 7.68. The molecule has 0 aromatic rings. The Morgan fingerprint density at radius 3 is 2.07 bits per heavy atom. The third kappa shape index (κ3) is 3.54. The molecule has 0 N–H and O–H groups in total. The molecule has 1 fully saturated rings. The summed E-state index contributed by atoms with van der Waals surface area (Å²) in [7, 11) is 17.1. The van der Waals surface area contributed by atoms with Crippen LogP contribution >= 0.6 is 19.4 Å². The summed E-state index contributed by atoms with van der Waals surface area (Å²) < 4.78 is 3.12. The summed E-state index contributed by atoms with van der Waals surface area (Å²) in [5, 5.41) is 0. The van der Waals surface area contributed by atoms with Gasteiger partial charge in [0.15, 0.2) is 0 Å². The fraction of sp³-hybridized carbons (Fsp3) is 0.600. The van der Waals surface area contributed by atoms with Gasteiger partial charge in [0, 0.05) is 0 Å². The van der Waals surface area contributed by atoms with Gasteiger partial charge in [-0.1, -0.05) is 0 Å². The van der Waals surface area contributed by atoms with Crippen molar-refractivity contribution in [2.45, 2.75) is 13.8 Å². The van der Waals surface area contributed by atoms with Crippen LogP contribution in [0.15, 0.2) is 11.6 Å². The second-order valence-corrected chi connectivity index (χ2v) is 13.2. The number of likely N-dealkylation sites (N-methyl/N-ethyl adjacent to an activating group) is 2. The molecule has 1 aliphatic heterocycles. The average molecular weight is 338 g/mol. The maximum atomic E-state index is 6.49. The predicted octanol–water partition coefficient (Wildman–Crippen LogP) is 2.18.